The standard InChI is InChI=1S/C12H23N.C5H8N6O3/c1-3-7-11(8-4-1)13-12-9-5-2-6-10-12;6-10-8-1-4(2-9-11-7)14-3-5(12)13/h11-13H,1-10H2;4H,1-3H2,(H,12,13). The Hall–Kier alpha value is -1.99. The molecular weight excluding hydrogens is 350 g/mol. The highest BCUT2D eigenvalue weighted by atomic mass is 16.5. The van der Waals surface area contributed by atoms with Gasteiger partial charge in [0, 0.05) is 21.9 Å². The number of ether oxygens (including phenoxy) is 1. The van der Waals surface area contributed by atoms with Crippen LogP contribution in [0, 0.1) is 0 Å². The number of nitrogens with one attached hydrogen (secondary N) is 1. The second-order valence-corrected chi connectivity index (χ2v) is 6.99. The van der Waals surface area contributed by atoms with E-state index in [2.05, 4.69) is 25.4 Å². The summed E-state index contributed by atoms with van der Waals surface area (Å²) in [5, 5.41) is 18.5. The smallest absolute Gasteiger partial charge is 0.329 e. The van der Waals surface area contributed by atoms with E-state index in [0.717, 1.165) is 12.1 Å². The summed E-state index contributed by atoms with van der Waals surface area (Å²) in [4.78, 5) is 15.1. The third-order valence-corrected chi connectivity index (χ3v) is 4.82. The van der Waals surface area contributed by atoms with E-state index in [1.54, 1.807) is 0 Å². The zero-order valence-corrected chi connectivity index (χ0v) is 15.9. The number of carbonyl (C=O) groups is 1. The molecule has 10 nitrogen and oxygen atoms in total. The molecule has 0 aromatic rings. The summed E-state index contributed by atoms with van der Waals surface area (Å²) in [5.41, 5.74) is 16.0. The van der Waals surface area contributed by atoms with Gasteiger partial charge in [0.2, 0.25) is 0 Å². The van der Waals surface area contributed by atoms with Gasteiger partial charge in [-0.05, 0) is 36.7 Å². The number of aliphatic carboxylic acids is 1. The van der Waals surface area contributed by atoms with Crippen LogP contribution in [0.2, 0.25) is 0 Å². The van der Waals surface area contributed by atoms with Gasteiger partial charge in [-0.2, -0.15) is 0 Å². The lowest BCUT2D eigenvalue weighted by Crippen LogP contribution is -2.40. The average molecular weight is 381 g/mol. The Bertz CT molecular complexity index is 471. The molecule has 0 aromatic heterocycles. The van der Waals surface area contributed by atoms with Crippen molar-refractivity contribution in [1.82, 2.24) is 5.32 Å². The Morgan fingerprint density at radius 3 is 1.78 bits per heavy atom. The van der Waals surface area contributed by atoms with Gasteiger partial charge in [0.25, 0.3) is 0 Å². The minimum Gasteiger partial charge on any atom is -0.480 e. The van der Waals surface area contributed by atoms with Crippen LogP contribution < -0.4 is 5.32 Å². The van der Waals surface area contributed by atoms with Crippen LogP contribution in [0.5, 0.6) is 0 Å². The number of azide groups is 2. The van der Waals surface area contributed by atoms with Crippen molar-refractivity contribution in [3.63, 3.8) is 0 Å². The second-order valence-electron chi connectivity index (χ2n) is 6.99. The van der Waals surface area contributed by atoms with Gasteiger partial charge >= 0.3 is 5.97 Å². The maximum absolute atomic E-state index is 10.1. The summed E-state index contributed by atoms with van der Waals surface area (Å²) in [7, 11) is 0. The Kier molecular flexibility index (Phi) is 12.9. The van der Waals surface area contributed by atoms with E-state index in [0.29, 0.717) is 0 Å². The van der Waals surface area contributed by atoms with Crippen LogP contribution in [0.3, 0.4) is 0 Å². The quantitative estimate of drug-likeness (QED) is 0.346. The fraction of sp³-hybridized carbons (Fsp3) is 0.941. The SMILES string of the molecule is C1CCC(NC2CCCCC2)CC1.[N-]=[N+]=NCC(CN=[N+]=[N-])OCC(=O)O. The van der Waals surface area contributed by atoms with E-state index in [9.17, 15) is 4.79 Å². The number of hydrogen-bond acceptors (Lipinski definition) is 5. The van der Waals surface area contributed by atoms with E-state index >= 15 is 0 Å². The lowest BCUT2D eigenvalue weighted by molar-refractivity contribution is -0.143. The molecule has 0 bridgehead atoms. The summed E-state index contributed by atoms with van der Waals surface area (Å²) in [5.74, 6) is -1.14. The predicted octanol–water partition coefficient (Wildman–Crippen LogP) is 4.32. The topological polar surface area (TPSA) is 156 Å². The van der Waals surface area contributed by atoms with Crippen LogP contribution in [0.1, 0.15) is 64.2 Å². The molecule has 2 fully saturated rings. The van der Waals surface area contributed by atoms with Crippen molar-refractivity contribution in [3.8, 4) is 0 Å². The molecule has 0 heterocycles. The Labute approximate surface area is 159 Å². The van der Waals surface area contributed by atoms with Crippen LogP contribution in [-0.4, -0.2) is 49.0 Å². The average Bonchev–Trinajstić information content (AvgIpc) is 2.69. The van der Waals surface area contributed by atoms with Crippen molar-refractivity contribution < 1.29 is 14.6 Å². The molecule has 0 aromatic carbocycles. The van der Waals surface area contributed by atoms with E-state index in [1.165, 1.54) is 64.2 Å². The van der Waals surface area contributed by atoms with Crippen LogP contribution >= 0.6 is 0 Å². The monoisotopic (exact) mass is 381 g/mol. The fourth-order valence-electron chi connectivity index (χ4n) is 3.48. The van der Waals surface area contributed by atoms with Crippen LogP contribution in [0.15, 0.2) is 10.2 Å². The highest BCUT2D eigenvalue weighted by molar-refractivity contribution is 5.68. The number of hydrogen-bond donors (Lipinski definition) is 2. The molecule has 152 valence electrons. The van der Waals surface area contributed by atoms with Gasteiger partial charge in [0.05, 0.1) is 19.2 Å². The van der Waals surface area contributed by atoms with E-state index in [4.69, 9.17) is 20.9 Å². The van der Waals surface area contributed by atoms with Crippen molar-refractivity contribution in [3.05, 3.63) is 20.9 Å². The predicted molar refractivity (Wildman–Crippen MR) is 102 cm³/mol. The molecule has 0 unspecified atom stereocenters. The molecule has 2 aliphatic rings. The molecule has 0 aliphatic heterocycles. The number of nitrogens with zero attached hydrogens (tertiary/aromatic N) is 6. The van der Waals surface area contributed by atoms with Gasteiger partial charge < -0.3 is 15.2 Å². The highest BCUT2D eigenvalue weighted by Crippen LogP contribution is 2.22. The minimum atomic E-state index is -1.14. The Balaban J connectivity index is 0.000000270. The lowest BCUT2D eigenvalue weighted by atomic mass is 9.91. The van der Waals surface area contributed by atoms with Crippen LogP contribution in [0.4, 0.5) is 0 Å². The molecule has 0 amide bonds. The Morgan fingerprint density at radius 2 is 1.41 bits per heavy atom. The van der Waals surface area contributed by atoms with Gasteiger partial charge in [0.15, 0.2) is 0 Å². The molecule has 2 saturated carbocycles. The van der Waals surface area contributed by atoms with Crippen molar-refractivity contribution in [2.75, 3.05) is 19.7 Å². The Morgan fingerprint density at radius 1 is 0.963 bits per heavy atom. The minimum absolute atomic E-state index is 0.0667. The summed E-state index contributed by atoms with van der Waals surface area (Å²) < 4.78 is 4.78. The molecule has 0 saturated heterocycles. The van der Waals surface area contributed by atoms with Crippen molar-refractivity contribution in [2.24, 2.45) is 10.2 Å². The highest BCUT2D eigenvalue weighted by Gasteiger charge is 2.19. The van der Waals surface area contributed by atoms with Crippen LogP contribution in [-0.2, 0) is 9.53 Å². The number of carboxylic acids is 1. The molecule has 2 N–H and O–H groups in total. The molecule has 0 atom stereocenters. The molecular formula is C17H31N7O3. The van der Waals surface area contributed by atoms with Crippen LogP contribution in [0.25, 0.3) is 20.9 Å². The molecule has 10 heteroatoms. The zero-order chi connectivity index (χ0) is 19.7. The maximum Gasteiger partial charge on any atom is 0.329 e. The number of carboxylic acid groups (broad SMARTS) is 1. The van der Waals surface area contributed by atoms with E-state index in [-0.39, 0.29) is 13.1 Å². The fourth-order valence-corrected chi connectivity index (χ4v) is 3.48. The normalized spacial score (nSPS) is 19.0. The molecule has 0 spiro atoms. The third-order valence-electron chi connectivity index (χ3n) is 4.82. The first kappa shape index (κ1) is 23.0. The maximum atomic E-state index is 10.1. The van der Waals surface area contributed by atoms with Gasteiger partial charge in [-0.25, -0.2) is 4.79 Å². The first-order valence-electron chi connectivity index (χ1n) is 9.76. The summed E-state index contributed by atoms with van der Waals surface area (Å²) in [6, 6.07) is 1.74. The van der Waals surface area contributed by atoms with Crippen molar-refractivity contribution in [2.45, 2.75) is 82.4 Å². The van der Waals surface area contributed by atoms with Gasteiger partial charge in [-0.1, -0.05) is 48.8 Å². The number of rotatable bonds is 9. The lowest BCUT2D eigenvalue weighted by Gasteiger charge is -2.30. The first-order valence-corrected chi connectivity index (χ1v) is 9.76. The van der Waals surface area contributed by atoms with Crippen molar-refractivity contribution in [1.29, 1.82) is 0 Å². The summed E-state index contributed by atoms with van der Waals surface area (Å²) in [6.45, 7) is -0.655. The van der Waals surface area contributed by atoms with E-state index in [1.807, 2.05) is 0 Å². The molecule has 2 rings (SSSR count). The first-order chi connectivity index (χ1) is 13.2. The third kappa shape index (κ3) is 12.1. The van der Waals surface area contributed by atoms with Crippen molar-refractivity contribution >= 4 is 5.97 Å². The van der Waals surface area contributed by atoms with E-state index < -0.39 is 18.7 Å². The largest absolute Gasteiger partial charge is 0.480 e. The van der Waals surface area contributed by atoms with Gasteiger partial charge in [-0.15, -0.1) is 0 Å². The van der Waals surface area contributed by atoms with Gasteiger partial charge in [-0.3, -0.25) is 0 Å². The molecule has 27 heavy (non-hydrogen) atoms. The second kappa shape index (κ2) is 15.1. The molecule has 0 radical (unpaired) electrons. The molecule has 2 aliphatic carbocycles. The summed E-state index contributed by atoms with van der Waals surface area (Å²) >= 11 is 0. The zero-order valence-electron chi connectivity index (χ0n) is 15.9. The van der Waals surface area contributed by atoms with Gasteiger partial charge in [0.1, 0.15) is 6.61 Å². The summed E-state index contributed by atoms with van der Waals surface area (Å²) in [6.07, 6.45) is 13.9.